The van der Waals surface area contributed by atoms with Crippen LogP contribution in [0.15, 0.2) is 28.8 Å². The summed E-state index contributed by atoms with van der Waals surface area (Å²) in [4.78, 5) is 19.0. The van der Waals surface area contributed by atoms with Crippen molar-refractivity contribution in [3.8, 4) is 11.4 Å². The summed E-state index contributed by atoms with van der Waals surface area (Å²) in [6.07, 6.45) is 1.68. The van der Waals surface area contributed by atoms with Gasteiger partial charge in [-0.2, -0.15) is 4.98 Å². The van der Waals surface area contributed by atoms with Gasteiger partial charge in [0.15, 0.2) is 0 Å². The zero-order valence-corrected chi connectivity index (χ0v) is 17.1. The van der Waals surface area contributed by atoms with E-state index in [0.717, 1.165) is 32.7 Å². The minimum Gasteiger partial charge on any atom is -0.379 e. The minimum atomic E-state index is -0.318. The Kier molecular flexibility index (Phi) is 7.71. The third-order valence-electron chi connectivity index (χ3n) is 4.98. The van der Waals surface area contributed by atoms with Crippen molar-refractivity contribution >= 4 is 5.91 Å². The molecule has 3 rings (SSSR count). The SMILES string of the molecule is CC(C)CC(CNC(=O)CCc1nc(-c2ccc(F)cc2)no1)N1CCOCC1. The van der Waals surface area contributed by atoms with Crippen molar-refractivity contribution in [2.24, 2.45) is 5.92 Å². The highest BCUT2D eigenvalue weighted by Crippen LogP contribution is 2.17. The lowest BCUT2D eigenvalue weighted by molar-refractivity contribution is -0.121. The largest absolute Gasteiger partial charge is 0.379 e. The molecule has 1 fully saturated rings. The Morgan fingerprint density at radius 1 is 1.24 bits per heavy atom. The second-order valence-electron chi connectivity index (χ2n) is 7.75. The molecule has 0 bridgehead atoms. The lowest BCUT2D eigenvalue weighted by Crippen LogP contribution is -2.49. The van der Waals surface area contributed by atoms with E-state index in [9.17, 15) is 9.18 Å². The van der Waals surface area contributed by atoms with Crippen LogP contribution in [0.25, 0.3) is 11.4 Å². The van der Waals surface area contributed by atoms with E-state index in [1.165, 1.54) is 12.1 Å². The van der Waals surface area contributed by atoms with Gasteiger partial charge in [-0.25, -0.2) is 4.39 Å². The lowest BCUT2D eigenvalue weighted by atomic mass is 10.0. The van der Waals surface area contributed by atoms with Crippen LogP contribution in [0.3, 0.4) is 0 Å². The van der Waals surface area contributed by atoms with Crippen LogP contribution in [0.5, 0.6) is 0 Å². The number of aromatic nitrogens is 2. The van der Waals surface area contributed by atoms with Crippen LogP contribution in [0, 0.1) is 11.7 Å². The van der Waals surface area contributed by atoms with Crippen LogP contribution >= 0.6 is 0 Å². The number of aryl methyl sites for hydroxylation is 1. The van der Waals surface area contributed by atoms with Gasteiger partial charge in [-0.3, -0.25) is 9.69 Å². The van der Waals surface area contributed by atoms with Gasteiger partial charge < -0.3 is 14.6 Å². The number of hydrogen-bond acceptors (Lipinski definition) is 6. The molecule has 0 spiro atoms. The average molecular weight is 404 g/mol. The maximum atomic E-state index is 13.0. The number of carbonyl (C=O) groups is 1. The highest BCUT2D eigenvalue weighted by Gasteiger charge is 2.22. The van der Waals surface area contributed by atoms with E-state index < -0.39 is 0 Å². The van der Waals surface area contributed by atoms with Gasteiger partial charge in [0.25, 0.3) is 0 Å². The number of rotatable bonds is 9. The van der Waals surface area contributed by atoms with Crippen molar-refractivity contribution in [1.82, 2.24) is 20.4 Å². The molecule has 2 heterocycles. The van der Waals surface area contributed by atoms with E-state index in [2.05, 4.69) is 34.2 Å². The van der Waals surface area contributed by atoms with E-state index in [4.69, 9.17) is 9.26 Å². The standard InChI is InChI=1S/C21H29FN4O3/c1-15(2)13-18(26-9-11-28-12-10-26)14-23-19(27)7-8-20-24-21(25-29-20)16-3-5-17(22)6-4-16/h3-6,15,18H,7-14H2,1-2H3,(H,23,27). The number of ether oxygens (including phenoxy) is 1. The van der Waals surface area contributed by atoms with E-state index in [1.54, 1.807) is 12.1 Å². The molecule has 1 amide bonds. The van der Waals surface area contributed by atoms with Gasteiger partial charge in [0.1, 0.15) is 5.82 Å². The molecule has 7 nitrogen and oxygen atoms in total. The van der Waals surface area contributed by atoms with Gasteiger partial charge in [0.05, 0.1) is 13.2 Å². The molecule has 0 saturated carbocycles. The molecule has 1 aliphatic rings. The van der Waals surface area contributed by atoms with Crippen molar-refractivity contribution in [3.63, 3.8) is 0 Å². The van der Waals surface area contributed by atoms with Gasteiger partial charge in [-0.15, -0.1) is 0 Å². The number of amides is 1. The van der Waals surface area contributed by atoms with Gasteiger partial charge in [0.2, 0.25) is 17.6 Å². The Labute approximate surface area is 170 Å². The van der Waals surface area contributed by atoms with Crippen molar-refractivity contribution < 1.29 is 18.4 Å². The smallest absolute Gasteiger partial charge is 0.227 e. The summed E-state index contributed by atoms with van der Waals surface area (Å²) < 4.78 is 23.7. The summed E-state index contributed by atoms with van der Waals surface area (Å²) in [5, 5.41) is 6.95. The van der Waals surface area contributed by atoms with Crippen LogP contribution in [0.1, 0.15) is 32.6 Å². The molecule has 1 saturated heterocycles. The van der Waals surface area contributed by atoms with Crippen molar-refractivity contribution in [2.75, 3.05) is 32.8 Å². The summed E-state index contributed by atoms with van der Waals surface area (Å²) in [7, 11) is 0. The summed E-state index contributed by atoms with van der Waals surface area (Å²) in [5.74, 6) is 0.995. The second kappa shape index (κ2) is 10.5. The normalized spacial score (nSPS) is 16.1. The number of nitrogens with zero attached hydrogens (tertiary/aromatic N) is 3. The molecule has 8 heteroatoms. The molecule has 1 atom stereocenters. The topological polar surface area (TPSA) is 80.5 Å². The first-order valence-corrected chi connectivity index (χ1v) is 10.2. The summed E-state index contributed by atoms with van der Waals surface area (Å²) >= 11 is 0. The monoisotopic (exact) mass is 404 g/mol. The first-order chi connectivity index (χ1) is 14.0. The number of nitrogens with one attached hydrogen (secondary N) is 1. The molecule has 1 aliphatic heterocycles. The van der Waals surface area contributed by atoms with Crippen molar-refractivity contribution in [2.45, 2.75) is 39.2 Å². The van der Waals surface area contributed by atoms with Gasteiger partial charge in [-0.1, -0.05) is 19.0 Å². The highest BCUT2D eigenvalue weighted by atomic mass is 19.1. The zero-order chi connectivity index (χ0) is 20.6. The molecular weight excluding hydrogens is 375 g/mol. The van der Waals surface area contributed by atoms with Crippen LogP contribution < -0.4 is 5.32 Å². The van der Waals surface area contributed by atoms with E-state index in [-0.39, 0.29) is 18.1 Å². The quantitative estimate of drug-likeness (QED) is 0.692. The number of hydrogen-bond donors (Lipinski definition) is 1. The van der Waals surface area contributed by atoms with Crippen LogP contribution in [-0.4, -0.2) is 59.8 Å². The average Bonchev–Trinajstić information content (AvgIpc) is 3.19. The number of morpholine rings is 1. The first kappa shape index (κ1) is 21.4. The zero-order valence-electron chi connectivity index (χ0n) is 17.1. The summed E-state index contributed by atoms with van der Waals surface area (Å²) in [5.41, 5.74) is 0.674. The van der Waals surface area contributed by atoms with E-state index >= 15 is 0 Å². The van der Waals surface area contributed by atoms with Gasteiger partial charge in [-0.05, 0) is 36.6 Å². The molecular formula is C21H29FN4O3. The molecule has 1 aromatic heterocycles. The fourth-order valence-electron chi connectivity index (χ4n) is 3.46. The van der Waals surface area contributed by atoms with Crippen molar-refractivity contribution in [1.29, 1.82) is 0 Å². The molecule has 0 aliphatic carbocycles. The fourth-order valence-corrected chi connectivity index (χ4v) is 3.46. The molecule has 158 valence electrons. The van der Waals surface area contributed by atoms with E-state index in [1.807, 2.05) is 0 Å². The van der Waals surface area contributed by atoms with E-state index in [0.29, 0.717) is 42.2 Å². The molecule has 1 N–H and O–H groups in total. The highest BCUT2D eigenvalue weighted by molar-refractivity contribution is 5.76. The summed E-state index contributed by atoms with van der Waals surface area (Å²) in [6.45, 7) is 8.32. The molecule has 29 heavy (non-hydrogen) atoms. The Bertz CT molecular complexity index is 772. The Balaban J connectivity index is 1.47. The van der Waals surface area contributed by atoms with Gasteiger partial charge in [0, 0.05) is 44.1 Å². The maximum absolute atomic E-state index is 13.0. The maximum Gasteiger partial charge on any atom is 0.227 e. The summed E-state index contributed by atoms with van der Waals surface area (Å²) in [6, 6.07) is 6.20. The van der Waals surface area contributed by atoms with Crippen molar-refractivity contribution in [3.05, 3.63) is 36.0 Å². The number of benzene rings is 1. The minimum absolute atomic E-state index is 0.0338. The molecule has 2 aromatic rings. The first-order valence-electron chi connectivity index (χ1n) is 10.2. The lowest BCUT2D eigenvalue weighted by Gasteiger charge is -2.35. The predicted octanol–water partition coefficient (Wildman–Crippen LogP) is 2.67. The third kappa shape index (κ3) is 6.61. The Morgan fingerprint density at radius 3 is 2.66 bits per heavy atom. The molecule has 1 aromatic carbocycles. The second-order valence-corrected chi connectivity index (χ2v) is 7.75. The fraction of sp³-hybridized carbons (Fsp3) is 0.571. The number of halogens is 1. The van der Waals surface area contributed by atoms with Gasteiger partial charge >= 0.3 is 0 Å². The third-order valence-corrected chi connectivity index (χ3v) is 4.98. The molecule has 0 radical (unpaired) electrons. The Hall–Kier alpha value is -2.32. The Morgan fingerprint density at radius 2 is 1.97 bits per heavy atom. The van der Waals surface area contributed by atoms with Crippen LogP contribution in [-0.2, 0) is 16.0 Å². The number of carbonyl (C=O) groups excluding carboxylic acids is 1. The van der Waals surface area contributed by atoms with Crippen LogP contribution in [0.2, 0.25) is 0 Å². The van der Waals surface area contributed by atoms with Crippen LogP contribution in [0.4, 0.5) is 4.39 Å². The predicted molar refractivity (Wildman–Crippen MR) is 107 cm³/mol. The molecule has 1 unspecified atom stereocenters.